The van der Waals surface area contributed by atoms with Crippen LogP contribution in [0.2, 0.25) is 0 Å². The average molecular weight is 247 g/mol. The summed E-state index contributed by atoms with van der Waals surface area (Å²) in [6.45, 7) is 14.0. The van der Waals surface area contributed by atoms with Crippen molar-refractivity contribution in [2.45, 2.75) is 40.3 Å². The number of nitrogens with zero attached hydrogens (tertiary/aromatic N) is 2. The predicted molar refractivity (Wildman–Crippen MR) is 79.0 cm³/mol. The lowest BCUT2D eigenvalue weighted by atomic mass is 10.2. The van der Waals surface area contributed by atoms with Crippen LogP contribution in [0.3, 0.4) is 0 Å². The van der Waals surface area contributed by atoms with Gasteiger partial charge in [-0.05, 0) is 25.5 Å². The number of aromatic nitrogens is 1. The van der Waals surface area contributed by atoms with Gasteiger partial charge < -0.3 is 10.2 Å². The molecule has 3 nitrogen and oxygen atoms in total. The average Bonchev–Trinajstić information content (AvgIpc) is 2.26. The second-order valence-corrected chi connectivity index (χ2v) is 5.26. The summed E-state index contributed by atoms with van der Waals surface area (Å²) in [6, 6.07) is 4.73. The minimum Gasteiger partial charge on any atom is -0.356 e. The number of anilines is 1. The number of nitrogens with one attached hydrogen (secondary N) is 1. The maximum Gasteiger partial charge on any atom is 0.128 e. The lowest BCUT2D eigenvalue weighted by molar-refractivity contribution is 0.586. The second kappa shape index (κ2) is 6.55. The molecule has 0 radical (unpaired) electrons. The molecule has 0 aliphatic rings. The van der Waals surface area contributed by atoms with Gasteiger partial charge in [-0.15, -0.1) is 0 Å². The van der Waals surface area contributed by atoms with Crippen molar-refractivity contribution in [2.75, 3.05) is 18.5 Å². The van der Waals surface area contributed by atoms with Crippen molar-refractivity contribution in [1.82, 2.24) is 10.3 Å². The topological polar surface area (TPSA) is 28.2 Å². The minimum absolute atomic E-state index is 0.496. The van der Waals surface area contributed by atoms with Gasteiger partial charge >= 0.3 is 0 Å². The highest BCUT2D eigenvalue weighted by molar-refractivity contribution is 5.42. The van der Waals surface area contributed by atoms with Crippen LogP contribution in [0.5, 0.6) is 0 Å². The SMILES string of the molecule is C=C(C)CN(C)c1ccc(CNC(C)C)c(C)n1. The molecule has 1 heterocycles. The van der Waals surface area contributed by atoms with Crippen LogP contribution in [0.25, 0.3) is 0 Å². The molecule has 0 aromatic carbocycles. The van der Waals surface area contributed by atoms with Gasteiger partial charge in [-0.2, -0.15) is 0 Å². The van der Waals surface area contributed by atoms with E-state index in [0.29, 0.717) is 6.04 Å². The largest absolute Gasteiger partial charge is 0.356 e. The van der Waals surface area contributed by atoms with Crippen molar-refractivity contribution >= 4 is 5.82 Å². The number of pyridine rings is 1. The van der Waals surface area contributed by atoms with Gasteiger partial charge in [0.1, 0.15) is 5.82 Å². The summed E-state index contributed by atoms with van der Waals surface area (Å²) >= 11 is 0. The van der Waals surface area contributed by atoms with Crippen LogP contribution in [0.15, 0.2) is 24.3 Å². The van der Waals surface area contributed by atoms with Crippen LogP contribution in [-0.2, 0) is 6.54 Å². The van der Waals surface area contributed by atoms with Crippen LogP contribution in [-0.4, -0.2) is 24.6 Å². The molecule has 0 atom stereocenters. The smallest absolute Gasteiger partial charge is 0.128 e. The van der Waals surface area contributed by atoms with Gasteiger partial charge in [0.05, 0.1) is 0 Å². The van der Waals surface area contributed by atoms with Crippen molar-refractivity contribution in [3.8, 4) is 0 Å². The maximum absolute atomic E-state index is 4.65. The molecule has 0 fully saturated rings. The highest BCUT2D eigenvalue weighted by Crippen LogP contribution is 2.14. The summed E-state index contributed by atoms with van der Waals surface area (Å²) < 4.78 is 0. The third-order valence-corrected chi connectivity index (χ3v) is 2.78. The number of hydrogen-bond donors (Lipinski definition) is 1. The van der Waals surface area contributed by atoms with E-state index in [0.717, 1.165) is 30.2 Å². The van der Waals surface area contributed by atoms with E-state index in [1.54, 1.807) is 0 Å². The van der Waals surface area contributed by atoms with E-state index >= 15 is 0 Å². The molecule has 100 valence electrons. The summed E-state index contributed by atoms with van der Waals surface area (Å²) in [5.74, 6) is 1.00. The number of rotatable bonds is 6. The Hall–Kier alpha value is -1.35. The lowest BCUT2D eigenvalue weighted by Crippen LogP contribution is -2.23. The lowest BCUT2D eigenvalue weighted by Gasteiger charge is -2.19. The van der Waals surface area contributed by atoms with Gasteiger partial charge in [-0.25, -0.2) is 4.98 Å². The van der Waals surface area contributed by atoms with Crippen LogP contribution in [0, 0.1) is 6.92 Å². The third kappa shape index (κ3) is 4.49. The molecule has 0 saturated heterocycles. The van der Waals surface area contributed by atoms with E-state index in [9.17, 15) is 0 Å². The molecule has 1 rings (SSSR count). The van der Waals surface area contributed by atoms with E-state index in [1.165, 1.54) is 5.56 Å². The van der Waals surface area contributed by atoms with Crippen LogP contribution >= 0.6 is 0 Å². The predicted octanol–water partition coefficient (Wildman–Crippen LogP) is 2.90. The van der Waals surface area contributed by atoms with Gasteiger partial charge in [-0.1, -0.05) is 32.1 Å². The molecule has 0 saturated carbocycles. The highest BCUT2D eigenvalue weighted by Gasteiger charge is 2.06. The van der Waals surface area contributed by atoms with Crippen molar-refractivity contribution in [2.24, 2.45) is 0 Å². The fraction of sp³-hybridized carbons (Fsp3) is 0.533. The molecular formula is C15H25N3. The molecule has 0 unspecified atom stereocenters. The highest BCUT2D eigenvalue weighted by atomic mass is 15.2. The monoisotopic (exact) mass is 247 g/mol. The summed E-state index contributed by atoms with van der Waals surface area (Å²) in [5, 5.41) is 3.42. The van der Waals surface area contributed by atoms with Gasteiger partial charge in [-0.3, -0.25) is 0 Å². The van der Waals surface area contributed by atoms with Crippen molar-refractivity contribution < 1.29 is 0 Å². The van der Waals surface area contributed by atoms with Gasteiger partial charge in [0.2, 0.25) is 0 Å². The molecule has 1 aromatic rings. The minimum atomic E-state index is 0.496. The molecule has 0 aliphatic carbocycles. The molecule has 0 amide bonds. The van der Waals surface area contributed by atoms with E-state index < -0.39 is 0 Å². The third-order valence-electron chi connectivity index (χ3n) is 2.78. The number of hydrogen-bond acceptors (Lipinski definition) is 3. The van der Waals surface area contributed by atoms with Crippen molar-refractivity contribution in [1.29, 1.82) is 0 Å². The van der Waals surface area contributed by atoms with E-state index in [2.05, 4.69) is 54.7 Å². The van der Waals surface area contributed by atoms with Crippen molar-refractivity contribution in [3.05, 3.63) is 35.5 Å². The number of aryl methyl sites for hydroxylation is 1. The Morgan fingerprint density at radius 3 is 2.61 bits per heavy atom. The standard InChI is InChI=1S/C15H25N3/c1-11(2)10-18(6)15-8-7-14(13(5)17-15)9-16-12(3)4/h7-8,12,16H,1,9-10H2,2-6H3. The number of likely N-dealkylation sites (N-methyl/N-ethyl adjacent to an activating group) is 1. The molecule has 0 aliphatic heterocycles. The van der Waals surface area contributed by atoms with E-state index in [1.807, 2.05) is 14.0 Å². The first kappa shape index (κ1) is 14.7. The molecule has 1 N–H and O–H groups in total. The molecule has 1 aromatic heterocycles. The molecular weight excluding hydrogens is 222 g/mol. The zero-order valence-corrected chi connectivity index (χ0v) is 12.2. The first-order chi connectivity index (χ1) is 8.40. The molecule has 3 heteroatoms. The van der Waals surface area contributed by atoms with Gasteiger partial charge in [0.15, 0.2) is 0 Å². The Morgan fingerprint density at radius 1 is 1.44 bits per heavy atom. The summed E-state index contributed by atoms with van der Waals surface area (Å²) in [5.41, 5.74) is 3.49. The zero-order chi connectivity index (χ0) is 13.7. The summed E-state index contributed by atoms with van der Waals surface area (Å²) in [7, 11) is 2.04. The van der Waals surface area contributed by atoms with E-state index in [-0.39, 0.29) is 0 Å². The van der Waals surface area contributed by atoms with Gasteiger partial charge in [0, 0.05) is 31.9 Å². The van der Waals surface area contributed by atoms with E-state index in [4.69, 9.17) is 0 Å². The second-order valence-electron chi connectivity index (χ2n) is 5.26. The Bertz CT molecular complexity index is 410. The molecule has 0 bridgehead atoms. The Morgan fingerprint density at radius 2 is 2.11 bits per heavy atom. The Kier molecular flexibility index (Phi) is 5.35. The fourth-order valence-electron chi connectivity index (χ4n) is 1.78. The maximum atomic E-state index is 4.65. The van der Waals surface area contributed by atoms with Crippen LogP contribution in [0.4, 0.5) is 5.82 Å². The first-order valence-corrected chi connectivity index (χ1v) is 6.45. The Balaban J connectivity index is 2.75. The van der Waals surface area contributed by atoms with Crippen LogP contribution in [0.1, 0.15) is 32.0 Å². The zero-order valence-electron chi connectivity index (χ0n) is 12.2. The quantitative estimate of drug-likeness (QED) is 0.783. The fourth-order valence-corrected chi connectivity index (χ4v) is 1.78. The Labute approximate surface area is 111 Å². The molecule has 18 heavy (non-hydrogen) atoms. The van der Waals surface area contributed by atoms with Gasteiger partial charge in [0.25, 0.3) is 0 Å². The summed E-state index contributed by atoms with van der Waals surface area (Å²) in [4.78, 5) is 6.77. The summed E-state index contributed by atoms with van der Waals surface area (Å²) in [6.07, 6.45) is 0. The first-order valence-electron chi connectivity index (χ1n) is 6.45. The van der Waals surface area contributed by atoms with Crippen molar-refractivity contribution in [3.63, 3.8) is 0 Å². The normalized spacial score (nSPS) is 10.8. The van der Waals surface area contributed by atoms with Crippen LogP contribution < -0.4 is 10.2 Å². The molecule has 0 spiro atoms.